The van der Waals surface area contributed by atoms with E-state index in [0.29, 0.717) is 13.1 Å². The second-order valence-electron chi connectivity index (χ2n) is 5.45. The number of carbonyl (C=O) groups excluding carboxylic acids is 2. The van der Waals surface area contributed by atoms with Crippen LogP contribution < -0.4 is 5.32 Å². The molecule has 0 atom stereocenters. The van der Waals surface area contributed by atoms with Gasteiger partial charge in [0.2, 0.25) is 5.91 Å². The summed E-state index contributed by atoms with van der Waals surface area (Å²) in [5.41, 5.74) is -0.485. The highest BCUT2D eigenvalue weighted by atomic mass is 16.6. The highest BCUT2D eigenvalue weighted by Crippen LogP contribution is 2.51. The first kappa shape index (κ1) is 10.9. The minimum absolute atomic E-state index is 0.111. The zero-order chi connectivity index (χ0) is 12.1. The molecule has 2 amide bonds. The molecular weight excluding hydrogens is 220 g/mol. The van der Waals surface area contributed by atoms with Gasteiger partial charge in [-0.15, -0.1) is 0 Å². The Kier molecular flexibility index (Phi) is 2.15. The Morgan fingerprint density at radius 3 is 2.41 bits per heavy atom. The van der Waals surface area contributed by atoms with Crippen LogP contribution >= 0.6 is 0 Å². The van der Waals surface area contributed by atoms with Crippen molar-refractivity contribution in [2.45, 2.75) is 50.2 Å². The molecule has 0 radical (unpaired) electrons. The predicted octanol–water partition coefficient (Wildman–Crippen LogP) is 1.03. The topological polar surface area (TPSA) is 58.6 Å². The second-order valence-corrected chi connectivity index (χ2v) is 5.45. The van der Waals surface area contributed by atoms with Crippen molar-refractivity contribution in [2.75, 3.05) is 13.1 Å². The van der Waals surface area contributed by atoms with Gasteiger partial charge in [-0.05, 0) is 19.3 Å². The minimum atomic E-state index is -0.353. The van der Waals surface area contributed by atoms with E-state index in [1.54, 1.807) is 6.92 Å². The summed E-state index contributed by atoms with van der Waals surface area (Å²) in [5, 5.41) is 3.01. The quantitative estimate of drug-likeness (QED) is 0.685. The molecule has 2 heterocycles. The number of carbonyl (C=O) groups is 2. The number of ether oxygens (including phenoxy) is 1. The summed E-state index contributed by atoms with van der Waals surface area (Å²) in [6.07, 6.45) is 4.44. The van der Waals surface area contributed by atoms with Gasteiger partial charge in [0, 0.05) is 32.9 Å². The maximum Gasteiger partial charge on any atom is 0.408 e. The second kappa shape index (κ2) is 3.37. The van der Waals surface area contributed by atoms with Crippen LogP contribution in [-0.2, 0) is 9.53 Å². The number of rotatable bonds is 0. The molecule has 2 spiro atoms. The monoisotopic (exact) mass is 238 g/mol. The average molecular weight is 238 g/mol. The predicted molar refractivity (Wildman–Crippen MR) is 60.4 cm³/mol. The molecule has 5 nitrogen and oxygen atoms in total. The van der Waals surface area contributed by atoms with Gasteiger partial charge in [0.15, 0.2) is 0 Å². The molecule has 94 valence electrons. The zero-order valence-electron chi connectivity index (χ0n) is 10.1. The van der Waals surface area contributed by atoms with Crippen LogP contribution in [0.3, 0.4) is 0 Å². The molecule has 0 aromatic heterocycles. The lowest BCUT2D eigenvalue weighted by molar-refractivity contribution is -0.135. The molecule has 0 aromatic rings. The first-order valence-electron chi connectivity index (χ1n) is 6.34. The Hall–Kier alpha value is -1.26. The highest BCUT2D eigenvalue weighted by Gasteiger charge is 2.63. The highest BCUT2D eigenvalue weighted by molar-refractivity contribution is 5.74. The van der Waals surface area contributed by atoms with E-state index < -0.39 is 0 Å². The average Bonchev–Trinajstić information content (AvgIpc) is 2.51. The van der Waals surface area contributed by atoms with E-state index >= 15 is 0 Å². The molecule has 1 aliphatic carbocycles. The van der Waals surface area contributed by atoms with Gasteiger partial charge < -0.3 is 15.0 Å². The molecular formula is C12H18N2O3. The first-order valence-corrected chi connectivity index (χ1v) is 6.34. The van der Waals surface area contributed by atoms with Crippen LogP contribution in [0.25, 0.3) is 0 Å². The number of hydrogen-bond acceptors (Lipinski definition) is 3. The van der Waals surface area contributed by atoms with E-state index in [2.05, 4.69) is 5.32 Å². The van der Waals surface area contributed by atoms with Crippen LogP contribution in [0.2, 0.25) is 0 Å². The third kappa shape index (κ3) is 1.37. The van der Waals surface area contributed by atoms with Crippen molar-refractivity contribution in [2.24, 2.45) is 0 Å². The summed E-state index contributed by atoms with van der Waals surface area (Å²) in [4.78, 5) is 24.7. The van der Waals surface area contributed by atoms with Crippen LogP contribution in [0.5, 0.6) is 0 Å². The summed E-state index contributed by atoms with van der Waals surface area (Å²) in [6, 6.07) is 0. The molecule has 2 aliphatic heterocycles. The SMILES string of the molecule is CC(=O)N1CCC2(CC1)OC(=O)NC21CCC1. The molecule has 3 fully saturated rings. The van der Waals surface area contributed by atoms with Crippen molar-refractivity contribution in [3.05, 3.63) is 0 Å². The van der Waals surface area contributed by atoms with E-state index in [9.17, 15) is 9.59 Å². The number of alkyl carbamates (subject to hydrolysis) is 1. The van der Waals surface area contributed by atoms with Gasteiger partial charge >= 0.3 is 6.09 Å². The lowest BCUT2D eigenvalue weighted by atomic mass is 9.62. The zero-order valence-corrected chi connectivity index (χ0v) is 10.1. The van der Waals surface area contributed by atoms with Gasteiger partial charge in [-0.1, -0.05) is 0 Å². The number of likely N-dealkylation sites (tertiary alicyclic amines) is 1. The summed E-state index contributed by atoms with van der Waals surface area (Å²) >= 11 is 0. The smallest absolute Gasteiger partial charge is 0.408 e. The number of amides is 2. The number of fused-ring (bicyclic) bond motifs is 1. The van der Waals surface area contributed by atoms with Crippen LogP contribution in [0.4, 0.5) is 4.79 Å². The number of nitrogens with one attached hydrogen (secondary N) is 1. The van der Waals surface area contributed by atoms with E-state index in [0.717, 1.165) is 32.1 Å². The number of piperidine rings is 1. The summed E-state index contributed by atoms with van der Waals surface area (Å²) in [5.74, 6) is 0.111. The molecule has 1 N–H and O–H groups in total. The van der Waals surface area contributed by atoms with Crippen molar-refractivity contribution < 1.29 is 14.3 Å². The van der Waals surface area contributed by atoms with E-state index in [-0.39, 0.29) is 23.1 Å². The fraction of sp³-hybridized carbons (Fsp3) is 0.833. The van der Waals surface area contributed by atoms with Gasteiger partial charge in [0.25, 0.3) is 0 Å². The Morgan fingerprint density at radius 1 is 1.29 bits per heavy atom. The Morgan fingerprint density at radius 2 is 1.94 bits per heavy atom. The first-order chi connectivity index (χ1) is 8.07. The van der Waals surface area contributed by atoms with Crippen molar-refractivity contribution in [3.8, 4) is 0 Å². The Balaban J connectivity index is 1.79. The van der Waals surface area contributed by atoms with Crippen LogP contribution in [0, 0.1) is 0 Å². The Labute approximate surface area is 100 Å². The molecule has 3 aliphatic rings. The fourth-order valence-electron chi connectivity index (χ4n) is 3.48. The minimum Gasteiger partial charge on any atom is -0.440 e. The molecule has 0 bridgehead atoms. The summed E-state index contributed by atoms with van der Waals surface area (Å²) < 4.78 is 5.59. The molecule has 5 heteroatoms. The maximum atomic E-state index is 11.5. The van der Waals surface area contributed by atoms with Crippen LogP contribution in [0.15, 0.2) is 0 Å². The Bertz CT molecular complexity index is 368. The fourth-order valence-corrected chi connectivity index (χ4v) is 3.48. The standard InChI is InChI=1S/C12H18N2O3/c1-9(15)14-7-5-12(6-8-14)11(3-2-4-11)13-10(16)17-12/h2-8H2,1H3,(H,13,16). The third-order valence-corrected chi connectivity index (χ3v) is 4.73. The van der Waals surface area contributed by atoms with Crippen molar-refractivity contribution >= 4 is 12.0 Å². The number of hydrogen-bond donors (Lipinski definition) is 1. The summed E-state index contributed by atoms with van der Waals surface area (Å²) in [6.45, 7) is 2.99. The van der Waals surface area contributed by atoms with Gasteiger partial charge in [0.1, 0.15) is 5.60 Å². The van der Waals surface area contributed by atoms with Crippen molar-refractivity contribution in [3.63, 3.8) is 0 Å². The molecule has 2 saturated heterocycles. The lowest BCUT2D eigenvalue weighted by Gasteiger charge is -2.51. The lowest BCUT2D eigenvalue weighted by Crippen LogP contribution is -2.64. The maximum absolute atomic E-state index is 11.5. The van der Waals surface area contributed by atoms with Crippen molar-refractivity contribution in [1.82, 2.24) is 10.2 Å². The van der Waals surface area contributed by atoms with Gasteiger partial charge in [-0.25, -0.2) is 4.79 Å². The van der Waals surface area contributed by atoms with Gasteiger partial charge in [0.05, 0.1) is 5.54 Å². The van der Waals surface area contributed by atoms with E-state index in [1.807, 2.05) is 4.90 Å². The van der Waals surface area contributed by atoms with E-state index in [4.69, 9.17) is 4.74 Å². The van der Waals surface area contributed by atoms with Crippen LogP contribution in [0.1, 0.15) is 39.0 Å². The van der Waals surface area contributed by atoms with Gasteiger partial charge in [-0.3, -0.25) is 4.79 Å². The largest absolute Gasteiger partial charge is 0.440 e. The molecule has 1 saturated carbocycles. The molecule has 0 unspecified atom stereocenters. The molecule has 17 heavy (non-hydrogen) atoms. The normalized spacial score (nSPS) is 28.8. The molecule has 0 aromatic carbocycles. The molecule has 3 rings (SSSR count). The van der Waals surface area contributed by atoms with Crippen molar-refractivity contribution in [1.29, 1.82) is 0 Å². The third-order valence-electron chi connectivity index (χ3n) is 4.73. The summed E-state index contributed by atoms with van der Waals surface area (Å²) in [7, 11) is 0. The van der Waals surface area contributed by atoms with Gasteiger partial charge in [-0.2, -0.15) is 0 Å². The van der Waals surface area contributed by atoms with Crippen LogP contribution in [-0.4, -0.2) is 41.1 Å². The number of nitrogens with zero attached hydrogens (tertiary/aromatic N) is 1. The van der Waals surface area contributed by atoms with E-state index in [1.165, 1.54) is 0 Å².